The number of hydrogen-bond acceptors (Lipinski definition) is 4. The maximum atomic E-state index is 13.3. The lowest BCUT2D eigenvalue weighted by Crippen LogP contribution is -2.27. The molecule has 0 aliphatic carbocycles. The van der Waals surface area contributed by atoms with E-state index in [4.69, 9.17) is 0 Å². The Morgan fingerprint density at radius 3 is 2.53 bits per heavy atom. The molecule has 4 aromatic rings. The van der Waals surface area contributed by atoms with Crippen LogP contribution in [0.4, 0.5) is 10.1 Å². The summed E-state index contributed by atoms with van der Waals surface area (Å²) in [6.07, 6.45) is 0.423. The molecule has 1 heterocycles. The van der Waals surface area contributed by atoms with Gasteiger partial charge in [0.05, 0.1) is 27.2 Å². The third kappa shape index (κ3) is 4.70. The summed E-state index contributed by atoms with van der Waals surface area (Å²) in [5, 5.41) is 2.72. The van der Waals surface area contributed by atoms with Crippen LogP contribution in [-0.2, 0) is 16.4 Å². The Morgan fingerprint density at radius 1 is 0.938 bits per heavy atom. The molecule has 1 aromatic heterocycles. The molecule has 10 heteroatoms. The van der Waals surface area contributed by atoms with Crippen LogP contribution in [0, 0.1) is 5.82 Å². The number of rotatable bonds is 7. The molecule has 3 aromatic carbocycles. The van der Waals surface area contributed by atoms with Crippen molar-refractivity contribution in [2.45, 2.75) is 11.3 Å². The van der Waals surface area contributed by atoms with Gasteiger partial charge < -0.3 is 15.3 Å². The van der Waals surface area contributed by atoms with Gasteiger partial charge in [-0.1, -0.05) is 24.3 Å². The number of aromatic amines is 2. The van der Waals surface area contributed by atoms with E-state index in [0.29, 0.717) is 17.5 Å². The van der Waals surface area contributed by atoms with E-state index in [0.717, 1.165) is 5.56 Å². The maximum absolute atomic E-state index is 13.3. The third-order valence-electron chi connectivity index (χ3n) is 4.80. The molecule has 4 N–H and O–H groups in total. The first-order valence-corrected chi connectivity index (χ1v) is 11.2. The van der Waals surface area contributed by atoms with E-state index in [1.807, 2.05) is 0 Å². The first-order valence-electron chi connectivity index (χ1n) is 9.68. The molecule has 0 aliphatic heterocycles. The molecule has 0 spiro atoms. The summed E-state index contributed by atoms with van der Waals surface area (Å²) in [7, 11) is -4.03. The lowest BCUT2D eigenvalue weighted by molar-refractivity contribution is 0.0955. The van der Waals surface area contributed by atoms with Crippen molar-refractivity contribution in [3.63, 3.8) is 0 Å². The summed E-state index contributed by atoms with van der Waals surface area (Å²) in [5.41, 5.74) is 1.37. The minimum Gasteiger partial charge on any atom is -0.352 e. The summed E-state index contributed by atoms with van der Waals surface area (Å²) >= 11 is 0. The van der Waals surface area contributed by atoms with Crippen LogP contribution < -0.4 is 15.7 Å². The predicted octanol–water partition coefficient (Wildman–Crippen LogP) is 2.77. The highest BCUT2D eigenvalue weighted by Gasteiger charge is 2.19. The Kier molecular flexibility index (Phi) is 5.78. The summed E-state index contributed by atoms with van der Waals surface area (Å²) < 4.78 is 41.5. The molecule has 0 unspecified atom stereocenters. The van der Waals surface area contributed by atoms with E-state index in [9.17, 15) is 22.4 Å². The second-order valence-electron chi connectivity index (χ2n) is 7.07. The average Bonchev–Trinajstić information content (AvgIpc) is 3.13. The van der Waals surface area contributed by atoms with Crippen molar-refractivity contribution >= 4 is 32.7 Å². The van der Waals surface area contributed by atoms with Gasteiger partial charge in [0.1, 0.15) is 5.82 Å². The first-order chi connectivity index (χ1) is 15.3. The van der Waals surface area contributed by atoms with Crippen LogP contribution in [0.3, 0.4) is 0 Å². The van der Waals surface area contributed by atoms with Gasteiger partial charge in [-0.05, 0) is 54.4 Å². The second kappa shape index (κ2) is 8.67. The number of anilines is 1. The number of hydrogen-bond donors (Lipinski definition) is 4. The van der Waals surface area contributed by atoms with Crippen molar-refractivity contribution in [3.05, 3.63) is 94.2 Å². The predicted molar refractivity (Wildman–Crippen MR) is 119 cm³/mol. The van der Waals surface area contributed by atoms with Crippen LogP contribution in [-0.4, -0.2) is 30.8 Å². The number of benzene rings is 3. The number of imidazole rings is 1. The second-order valence-corrected chi connectivity index (χ2v) is 8.76. The van der Waals surface area contributed by atoms with Gasteiger partial charge in [-0.2, -0.15) is 0 Å². The van der Waals surface area contributed by atoms with Crippen LogP contribution in [0.2, 0.25) is 0 Å². The van der Waals surface area contributed by atoms with Gasteiger partial charge in [-0.3, -0.25) is 9.52 Å². The first kappa shape index (κ1) is 21.3. The van der Waals surface area contributed by atoms with Crippen LogP contribution in [0.1, 0.15) is 15.9 Å². The molecule has 164 valence electrons. The Hall–Kier alpha value is -3.92. The monoisotopic (exact) mass is 454 g/mol. The van der Waals surface area contributed by atoms with Crippen molar-refractivity contribution in [1.82, 2.24) is 15.3 Å². The minimum absolute atomic E-state index is 0.0680. The fraction of sp³-hybridized carbons (Fsp3) is 0.0909. The van der Waals surface area contributed by atoms with Gasteiger partial charge in [0.25, 0.3) is 15.9 Å². The molecular formula is C22H19FN4O4S. The molecule has 0 radical (unpaired) electrons. The smallest absolute Gasteiger partial charge is 0.323 e. The normalized spacial score (nSPS) is 11.4. The SMILES string of the molecule is O=C(NCCc1cccc(F)c1)c1ccccc1NS(=O)(=O)c1ccc2[nH]c(=O)[nH]c2c1. The number of H-pyrrole nitrogens is 2. The highest BCUT2D eigenvalue weighted by molar-refractivity contribution is 7.92. The van der Waals surface area contributed by atoms with E-state index in [1.165, 1.54) is 42.5 Å². The van der Waals surface area contributed by atoms with Gasteiger partial charge in [0, 0.05) is 6.54 Å². The quantitative estimate of drug-likeness (QED) is 0.343. The molecule has 4 rings (SSSR count). The van der Waals surface area contributed by atoms with Gasteiger partial charge in [-0.25, -0.2) is 17.6 Å². The van der Waals surface area contributed by atoms with Crippen molar-refractivity contribution in [2.75, 3.05) is 11.3 Å². The fourth-order valence-corrected chi connectivity index (χ4v) is 4.37. The zero-order valence-electron chi connectivity index (χ0n) is 16.7. The van der Waals surface area contributed by atoms with Crippen LogP contribution in [0.25, 0.3) is 11.0 Å². The average molecular weight is 454 g/mol. The largest absolute Gasteiger partial charge is 0.352 e. The molecule has 0 fully saturated rings. The Bertz CT molecular complexity index is 1460. The zero-order valence-corrected chi connectivity index (χ0v) is 17.5. The van der Waals surface area contributed by atoms with E-state index < -0.39 is 21.6 Å². The van der Waals surface area contributed by atoms with E-state index >= 15 is 0 Å². The summed E-state index contributed by atoms with van der Waals surface area (Å²) in [6.45, 7) is 0.251. The van der Waals surface area contributed by atoms with Crippen molar-refractivity contribution < 1.29 is 17.6 Å². The molecule has 0 aliphatic rings. The number of sulfonamides is 1. The van der Waals surface area contributed by atoms with Crippen molar-refractivity contribution in [3.8, 4) is 0 Å². The van der Waals surface area contributed by atoms with Gasteiger partial charge in [0.2, 0.25) is 0 Å². The molecule has 0 saturated carbocycles. The summed E-state index contributed by atoms with van der Waals surface area (Å²) in [5.74, 6) is -0.819. The summed E-state index contributed by atoms with van der Waals surface area (Å²) in [6, 6.07) is 16.5. The number of carbonyl (C=O) groups is 1. The third-order valence-corrected chi connectivity index (χ3v) is 6.17. The van der Waals surface area contributed by atoms with Crippen LogP contribution in [0.15, 0.2) is 76.4 Å². The van der Waals surface area contributed by atoms with Crippen LogP contribution in [0.5, 0.6) is 0 Å². The molecule has 32 heavy (non-hydrogen) atoms. The molecular weight excluding hydrogens is 435 g/mol. The lowest BCUT2D eigenvalue weighted by atomic mass is 10.1. The number of aromatic nitrogens is 2. The van der Waals surface area contributed by atoms with Crippen LogP contribution >= 0.6 is 0 Å². The molecule has 0 bridgehead atoms. The molecule has 8 nitrogen and oxygen atoms in total. The number of nitrogens with one attached hydrogen (secondary N) is 4. The standard InChI is InChI=1S/C22H19FN4O4S/c23-15-5-3-4-14(12-15)10-11-24-21(28)17-6-1-2-7-18(17)27-32(30,31)16-8-9-19-20(13-16)26-22(29)25-19/h1-9,12-13,27H,10-11H2,(H,24,28)(H2,25,26,29). The summed E-state index contributed by atoms with van der Waals surface area (Å²) in [4.78, 5) is 29.1. The molecule has 1 amide bonds. The fourth-order valence-electron chi connectivity index (χ4n) is 3.26. The molecule has 0 saturated heterocycles. The van der Waals surface area contributed by atoms with E-state index in [2.05, 4.69) is 20.0 Å². The zero-order chi connectivity index (χ0) is 22.7. The van der Waals surface area contributed by atoms with Crippen molar-refractivity contribution in [1.29, 1.82) is 0 Å². The van der Waals surface area contributed by atoms with Crippen molar-refractivity contribution in [2.24, 2.45) is 0 Å². The highest BCUT2D eigenvalue weighted by atomic mass is 32.2. The van der Waals surface area contributed by atoms with E-state index in [1.54, 1.807) is 24.3 Å². The Labute approximate surface area is 182 Å². The number of halogens is 1. The van der Waals surface area contributed by atoms with Gasteiger partial charge in [-0.15, -0.1) is 0 Å². The Morgan fingerprint density at radius 2 is 1.72 bits per heavy atom. The number of carbonyl (C=O) groups excluding carboxylic acids is 1. The van der Waals surface area contributed by atoms with E-state index in [-0.39, 0.29) is 28.5 Å². The van der Waals surface area contributed by atoms with Gasteiger partial charge in [0.15, 0.2) is 0 Å². The number of fused-ring (bicyclic) bond motifs is 1. The van der Waals surface area contributed by atoms with Gasteiger partial charge >= 0.3 is 5.69 Å². The number of amides is 1. The highest BCUT2D eigenvalue weighted by Crippen LogP contribution is 2.22. The maximum Gasteiger partial charge on any atom is 0.323 e. The topological polar surface area (TPSA) is 124 Å². The number of para-hydroxylation sites is 1. The molecule has 0 atom stereocenters. The minimum atomic E-state index is -4.03. The lowest BCUT2D eigenvalue weighted by Gasteiger charge is -2.13. The Balaban J connectivity index is 1.50.